The summed E-state index contributed by atoms with van der Waals surface area (Å²) in [5.41, 5.74) is 0. The van der Waals surface area contributed by atoms with Gasteiger partial charge in [-0.3, -0.25) is 9.59 Å². The van der Waals surface area contributed by atoms with Crippen LogP contribution in [0.25, 0.3) is 0 Å². The number of hydrogen-bond donors (Lipinski definition) is 0. The zero-order valence-electron chi connectivity index (χ0n) is 12.4. The predicted molar refractivity (Wildman–Crippen MR) is 73.7 cm³/mol. The normalized spacial score (nSPS) is 17.2. The van der Waals surface area contributed by atoms with Gasteiger partial charge in [0.25, 0.3) is 0 Å². The van der Waals surface area contributed by atoms with Crippen LogP contribution in [-0.2, 0) is 14.3 Å². The van der Waals surface area contributed by atoms with E-state index in [0.717, 1.165) is 38.9 Å². The average Bonchev–Trinajstić information content (AvgIpc) is 2.39. The van der Waals surface area contributed by atoms with Gasteiger partial charge >= 0.3 is 5.97 Å². The van der Waals surface area contributed by atoms with Crippen LogP contribution in [0.1, 0.15) is 32.6 Å². The third-order valence-corrected chi connectivity index (χ3v) is 3.54. The molecular formula is C14H26N2O3. The molecule has 0 radical (unpaired) electrons. The Morgan fingerprint density at radius 3 is 2.42 bits per heavy atom. The molecule has 1 saturated heterocycles. The molecule has 0 aromatic rings. The molecule has 110 valence electrons. The van der Waals surface area contributed by atoms with Crippen LogP contribution in [0.5, 0.6) is 0 Å². The van der Waals surface area contributed by atoms with Crippen molar-refractivity contribution in [3.63, 3.8) is 0 Å². The maximum Gasteiger partial charge on any atom is 0.305 e. The lowest BCUT2D eigenvalue weighted by molar-refractivity contribution is -0.143. The van der Waals surface area contributed by atoms with E-state index in [0.29, 0.717) is 13.0 Å². The lowest BCUT2D eigenvalue weighted by atomic mass is 9.95. The average molecular weight is 270 g/mol. The molecule has 0 spiro atoms. The lowest BCUT2D eigenvalue weighted by Crippen LogP contribution is -2.40. The molecule has 1 heterocycles. The van der Waals surface area contributed by atoms with Crippen molar-refractivity contribution >= 4 is 11.9 Å². The van der Waals surface area contributed by atoms with E-state index >= 15 is 0 Å². The molecule has 1 aliphatic rings. The number of nitrogens with zero attached hydrogens (tertiary/aromatic N) is 2. The molecule has 0 bridgehead atoms. The van der Waals surface area contributed by atoms with Gasteiger partial charge in [-0.2, -0.15) is 0 Å². The summed E-state index contributed by atoms with van der Waals surface area (Å²) >= 11 is 0. The molecule has 1 rings (SSSR count). The van der Waals surface area contributed by atoms with Gasteiger partial charge in [0.1, 0.15) is 0 Å². The molecule has 0 saturated carbocycles. The van der Waals surface area contributed by atoms with Crippen molar-refractivity contribution < 1.29 is 14.3 Å². The maximum atomic E-state index is 11.8. The van der Waals surface area contributed by atoms with E-state index in [-0.39, 0.29) is 17.8 Å². The van der Waals surface area contributed by atoms with E-state index < -0.39 is 0 Å². The van der Waals surface area contributed by atoms with Crippen molar-refractivity contribution in [2.45, 2.75) is 32.6 Å². The van der Waals surface area contributed by atoms with E-state index in [4.69, 9.17) is 4.74 Å². The fourth-order valence-electron chi connectivity index (χ4n) is 2.45. The summed E-state index contributed by atoms with van der Waals surface area (Å²) in [5, 5.41) is 0. The highest BCUT2D eigenvalue weighted by Crippen LogP contribution is 2.19. The summed E-state index contributed by atoms with van der Waals surface area (Å²) in [6, 6.07) is 0. The first-order valence-electron chi connectivity index (χ1n) is 7.13. The van der Waals surface area contributed by atoms with Gasteiger partial charge in [0.15, 0.2) is 0 Å². The molecule has 0 unspecified atom stereocenters. The summed E-state index contributed by atoms with van der Waals surface area (Å²) < 4.78 is 4.90. The van der Waals surface area contributed by atoms with Crippen LogP contribution in [0.2, 0.25) is 0 Å². The second kappa shape index (κ2) is 8.15. The summed E-state index contributed by atoms with van der Waals surface area (Å²) in [6.07, 6.45) is 3.18. The molecule has 1 fully saturated rings. The minimum absolute atomic E-state index is 0.111. The maximum absolute atomic E-state index is 11.8. The second-order valence-electron chi connectivity index (χ2n) is 5.26. The van der Waals surface area contributed by atoms with Crippen LogP contribution in [0.4, 0.5) is 0 Å². The van der Waals surface area contributed by atoms with Gasteiger partial charge in [0, 0.05) is 26.4 Å². The van der Waals surface area contributed by atoms with Gasteiger partial charge in [-0.05, 0) is 45.8 Å². The molecule has 0 atom stereocenters. The van der Waals surface area contributed by atoms with Crippen LogP contribution in [0.15, 0.2) is 0 Å². The fourth-order valence-corrected chi connectivity index (χ4v) is 2.45. The van der Waals surface area contributed by atoms with Crippen LogP contribution in [0.3, 0.4) is 0 Å². The van der Waals surface area contributed by atoms with Crippen molar-refractivity contribution in [1.82, 2.24) is 9.80 Å². The van der Waals surface area contributed by atoms with Crippen LogP contribution in [0, 0.1) is 5.92 Å². The Balaban J connectivity index is 2.16. The number of carbonyl (C=O) groups is 2. The highest BCUT2D eigenvalue weighted by atomic mass is 16.5. The first kappa shape index (κ1) is 16.0. The third kappa shape index (κ3) is 5.59. The third-order valence-electron chi connectivity index (χ3n) is 3.54. The molecular weight excluding hydrogens is 244 g/mol. The van der Waals surface area contributed by atoms with E-state index in [2.05, 4.69) is 4.90 Å². The van der Waals surface area contributed by atoms with E-state index in [1.807, 2.05) is 21.0 Å². The number of rotatable bonds is 6. The predicted octanol–water partition coefficient (Wildman–Crippen LogP) is 1.13. The summed E-state index contributed by atoms with van der Waals surface area (Å²) in [6.45, 7) is 5.10. The summed E-state index contributed by atoms with van der Waals surface area (Å²) in [4.78, 5) is 27.0. The minimum atomic E-state index is -0.111. The number of amides is 1. The van der Waals surface area contributed by atoms with E-state index in [1.165, 1.54) is 0 Å². The zero-order valence-corrected chi connectivity index (χ0v) is 12.4. The SMILES string of the molecule is CCOC(=O)CCCN1CCC(C(=O)N(C)C)CC1. The van der Waals surface area contributed by atoms with Gasteiger partial charge in [-0.15, -0.1) is 0 Å². The first-order chi connectivity index (χ1) is 9.04. The largest absolute Gasteiger partial charge is 0.466 e. The van der Waals surface area contributed by atoms with E-state index in [1.54, 1.807) is 4.90 Å². The summed E-state index contributed by atoms with van der Waals surface area (Å²) in [7, 11) is 3.63. The molecule has 5 nitrogen and oxygen atoms in total. The molecule has 0 aliphatic carbocycles. The molecule has 19 heavy (non-hydrogen) atoms. The van der Waals surface area contributed by atoms with Gasteiger partial charge in [0.2, 0.25) is 5.91 Å². The highest BCUT2D eigenvalue weighted by Gasteiger charge is 2.25. The van der Waals surface area contributed by atoms with Crippen molar-refractivity contribution in [1.29, 1.82) is 0 Å². The minimum Gasteiger partial charge on any atom is -0.466 e. The number of likely N-dealkylation sites (tertiary alicyclic amines) is 1. The Morgan fingerprint density at radius 1 is 1.26 bits per heavy atom. The number of carbonyl (C=O) groups excluding carboxylic acids is 2. The van der Waals surface area contributed by atoms with Gasteiger partial charge in [-0.1, -0.05) is 0 Å². The Morgan fingerprint density at radius 2 is 1.89 bits per heavy atom. The van der Waals surface area contributed by atoms with Crippen LogP contribution >= 0.6 is 0 Å². The van der Waals surface area contributed by atoms with Crippen molar-refractivity contribution in [3.8, 4) is 0 Å². The van der Waals surface area contributed by atoms with Gasteiger partial charge < -0.3 is 14.5 Å². The summed E-state index contributed by atoms with van der Waals surface area (Å²) in [5.74, 6) is 0.308. The Hall–Kier alpha value is -1.10. The highest BCUT2D eigenvalue weighted by molar-refractivity contribution is 5.78. The Kier molecular flexibility index (Phi) is 6.84. The van der Waals surface area contributed by atoms with Crippen molar-refractivity contribution in [2.75, 3.05) is 40.3 Å². The molecule has 1 aliphatic heterocycles. The first-order valence-corrected chi connectivity index (χ1v) is 7.13. The molecule has 0 N–H and O–H groups in total. The van der Waals surface area contributed by atoms with Crippen LogP contribution in [-0.4, -0.2) is 62.0 Å². The second-order valence-corrected chi connectivity index (χ2v) is 5.26. The van der Waals surface area contributed by atoms with E-state index in [9.17, 15) is 9.59 Å². The van der Waals surface area contributed by atoms with Crippen molar-refractivity contribution in [3.05, 3.63) is 0 Å². The molecule has 0 aromatic heterocycles. The Labute approximate surface area is 115 Å². The fraction of sp³-hybridized carbons (Fsp3) is 0.857. The topological polar surface area (TPSA) is 49.9 Å². The lowest BCUT2D eigenvalue weighted by Gasteiger charge is -2.32. The monoisotopic (exact) mass is 270 g/mol. The number of piperidine rings is 1. The number of esters is 1. The smallest absolute Gasteiger partial charge is 0.305 e. The Bertz CT molecular complexity index is 297. The molecule has 0 aromatic carbocycles. The number of ether oxygens (including phenoxy) is 1. The zero-order chi connectivity index (χ0) is 14.3. The van der Waals surface area contributed by atoms with Crippen LogP contribution < -0.4 is 0 Å². The molecule has 5 heteroatoms. The molecule has 1 amide bonds. The van der Waals surface area contributed by atoms with Gasteiger partial charge in [-0.25, -0.2) is 0 Å². The van der Waals surface area contributed by atoms with Crippen molar-refractivity contribution in [2.24, 2.45) is 5.92 Å². The van der Waals surface area contributed by atoms with Gasteiger partial charge in [0.05, 0.1) is 6.61 Å². The number of hydrogen-bond acceptors (Lipinski definition) is 4. The quantitative estimate of drug-likeness (QED) is 0.679. The standard InChI is InChI=1S/C14H26N2O3/c1-4-19-13(17)6-5-9-16-10-7-12(8-11-16)14(18)15(2)3/h12H,4-11H2,1-3H3.